The van der Waals surface area contributed by atoms with Crippen LogP contribution >= 0.6 is 11.8 Å². The van der Waals surface area contributed by atoms with E-state index in [1.54, 1.807) is 12.5 Å². The van der Waals surface area contributed by atoms with Crippen molar-refractivity contribution in [3.8, 4) is 0 Å². The van der Waals surface area contributed by atoms with Crippen molar-refractivity contribution in [1.29, 1.82) is 0 Å². The molecule has 5 unspecified atom stereocenters. The molecule has 2 rings (SSSR count). The number of benzene rings is 1. The van der Waals surface area contributed by atoms with Crippen LogP contribution in [0.2, 0.25) is 0 Å². The molecule has 0 aliphatic heterocycles. The third kappa shape index (κ3) is 10.6. The van der Waals surface area contributed by atoms with Gasteiger partial charge in [-0.05, 0) is 56.2 Å². The summed E-state index contributed by atoms with van der Waals surface area (Å²) < 4.78 is 0. The highest BCUT2D eigenvalue weighted by molar-refractivity contribution is 7.98. The molecular weight excluding hydrogens is 552 g/mol. The lowest BCUT2D eigenvalue weighted by Gasteiger charge is -2.26. The zero-order chi connectivity index (χ0) is 30.5. The predicted octanol–water partition coefficient (Wildman–Crippen LogP) is -1.24. The fraction of sp³-hybridized carbons (Fsp3) is 0.500. The van der Waals surface area contributed by atoms with Crippen LogP contribution in [0.1, 0.15) is 31.7 Å². The molecule has 1 aromatic heterocycles. The maximum Gasteiger partial charge on any atom is 0.326 e. The van der Waals surface area contributed by atoms with Crippen molar-refractivity contribution in [1.82, 2.24) is 20.9 Å². The summed E-state index contributed by atoms with van der Waals surface area (Å²) in [5.74, 6) is -3.12. The molecule has 3 amide bonds. The SMILES string of the molecule is CSCCC(NC(=O)C(NC(=O)C(CCCN=C(N)N)NC(=O)C(N)Cc1c[nH]c2ccccc12)C(C)O)C(=O)O. The lowest BCUT2D eigenvalue weighted by atomic mass is 10.0. The van der Waals surface area contributed by atoms with Crippen LogP contribution in [0.25, 0.3) is 10.9 Å². The van der Waals surface area contributed by atoms with E-state index in [-0.39, 0.29) is 31.8 Å². The van der Waals surface area contributed by atoms with Crippen molar-refractivity contribution in [2.24, 2.45) is 22.2 Å². The van der Waals surface area contributed by atoms with Gasteiger partial charge in [0.15, 0.2) is 5.96 Å². The molecule has 2 aromatic rings. The van der Waals surface area contributed by atoms with Crippen LogP contribution < -0.4 is 33.2 Å². The second kappa shape index (κ2) is 16.4. The van der Waals surface area contributed by atoms with E-state index in [4.69, 9.17) is 17.2 Å². The highest BCUT2D eigenvalue weighted by Crippen LogP contribution is 2.19. The first-order valence-electron chi connectivity index (χ1n) is 13.1. The van der Waals surface area contributed by atoms with Gasteiger partial charge in [0.05, 0.1) is 12.1 Å². The number of guanidine groups is 1. The van der Waals surface area contributed by atoms with Gasteiger partial charge in [-0.15, -0.1) is 0 Å². The van der Waals surface area contributed by atoms with E-state index >= 15 is 0 Å². The summed E-state index contributed by atoms with van der Waals surface area (Å²) in [6, 6.07) is 2.74. The molecule has 1 heterocycles. The highest BCUT2D eigenvalue weighted by Gasteiger charge is 2.32. The van der Waals surface area contributed by atoms with Crippen LogP contribution in [0.4, 0.5) is 0 Å². The van der Waals surface area contributed by atoms with Crippen LogP contribution in [-0.2, 0) is 25.6 Å². The number of aliphatic carboxylic acids is 1. The molecule has 41 heavy (non-hydrogen) atoms. The van der Waals surface area contributed by atoms with Crippen molar-refractivity contribution < 1.29 is 29.4 Å². The second-order valence-corrected chi connectivity index (χ2v) is 10.6. The molecule has 226 valence electrons. The molecule has 5 atom stereocenters. The number of hydrogen-bond acceptors (Lipinski definition) is 8. The Balaban J connectivity index is 2.14. The molecule has 0 aliphatic carbocycles. The number of carboxylic acid groups (broad SMARTS) is 1. The number of amides is 3. The van der Waals surface area contributed by atoms with Gasteiger partial charge in [-0.1, -0.05) is 18.2 Å². The minimum absolute atomic E-state index is 0.0911. The number of nitrogens with one attached hydrogen (secondary N) is 4. The highest BCUT2D eigenvalue weighted by atomic mass is 32.2. The first-order valence-corrected chi connectivity index (χ1v) is 14.5. The average molecular weight is 593 g/mol. The topological polar surface area (TPSA) is 251 Å². The Hall–Kier alpha value is -3.82. The van der Waals surface area contributed by atoms with E-state index < -0.39 is 54.0 Å². The van der Waals surface area contributed by atoms with Gasteiger partial charge in [0.1, 0.15) is 18.1 Å². The summed E-state index contributed by atoms with van der Waals surface area (Å²) in [6.45, 7) is 1.46. The fourth-order valence-corrected chi connectivity index (χ4v) is 4.57. The molecule has 0 saturated carbocycles. The number of aromatic nitrogens is 1. The number of H-pyrrole nitrogens is 1. The quantitative estimate of drug-likeness (QED) is 0.0600. The van der Waals surface area contributed by atoms with Gasteiger partial charge in [-0.2, -0.15) is 11.8 Å². The molecule has 1 aromatic carbocycles. The van der Waals surface area contributed by atoms with E-state index in [9.17, 15) is 29.4 Å². The third-order valence-electron chi connectivity index (χ3n) is 6.32. The number of aliphatic hydroxyl groups is 1. The molecule has 0 aliphatic rings. The third-order valence-corrected chi connectivity index (χ3v) is 6.96. The minimum Gasteiger partial charge on any atom is -0.480 e. The van der Waals surface area contributed by atoms with E-state index in [1.807, 2.05) is 24.3 Å². The van der Waals surface area contributed by atoms with Crippen molar-refractivity contribution in [2.45, 2.75) is 62.9 Å². The summed E-state index contributed by atoms with van der Waals surface area (Å²) in [5.41, 5.74) is 18.6. The Kier molecular flexibility index (Phi) is 13.4. The maximum atomic E-state index is 13.3. The Labute approximate surface area is 242 Å². The first-order chi connectivity index (χ1) is 19.4. The number of thioether (sulfide) groups is 1. The number of carbonyl (C=O) groups excluding carboxylic acids is 3. The molecule has 0 fully saturated rings. The molecule has 0 saturated heterocycles. The normalized spacial score (nSPS) is 14.7. The van der Waals surface area contributed by atoms with E-state index in [2.05, 4.69) is 25.9 Å². The summed E-state index contributed by atoms with van der Waals surface area (Å²) in [4.78, 5) is 57.7. The molecule has 0 radical (unpaired) electrons. The summed E-state index contributed by atoms with van der Waals surface area (Å²) >= 11 is 1.41. The number of para-hydroxylation sites is 1. The van der Waals surface area contributed by atoms with Gasteiger partial charge in [-0.3, -0.25) is 19.4 Å². The van der Waals surface area contributed by atoms with Gasteiger partial charge in [0.25, 0.3) is 0 Å². The standard InChI is InChI=1S/C26H40N8O6S/c1-14(35)21(24(38)33-20(25(39)40)9-11-41-2)34-23(37)19(8-5-10-30-26(28)29)32-22(36)17(27)12-15-13-31-18-7-4-3-6-16(15)18/h3-4,6-7,13-14,17,19-21,31,35H,5,8-12,27H2,1-2H3,(H,32,36)(H,33,38)(H,34,37)(H,39,40)(H4,28,29,30). The summed E-state index contributed by atoms with van der Waals surface area (Å²) in [5, 5.41) is 28.0. The van der Waals surface area contributed by atoms with Crippen molar-refractivity contribution in [3.63, 3.8) is 0 Å². The Morgan fingerprint density at radius 3 is 2.34 bits per heavy atom. The van der Waals surface area contributed by atoms with Crippen LogP contribution in [0.5, 0.6) is 0 Å². The first kappa shape index (κ1) is 33.4. The molecule has 12 N–H and O–H groups in total. The van der Waals surface area contributed by atoms with Gasteiger partial charge in [0, 0.05) is 23.6 Å². The monoisotopic (exact) mass is 592 g/mol. The van der Waals surface area contributed by atoms with Gasteiger partial charge in [-0.25, -0.2) is 4.79 Å². The van der Waals surface area contributed by atoms with Crippen LogP contribution in [0.15, 0.2) is 35.5 Å². The van der Waals surface area contributed by atoms with E-state index in [1.165, 1.54) is 18.7 Å². The number of carboxylic acids is 1. The number of nitrogens with zero attached hydrogens (tertiary/aromatic N) is 1. The number of rotatable bonds is 17. The fourth-order valence-electron chi connectivity index (χ4n) is 4.09. The number of aliphatic hydroxyl groups excluding tert-OH is 1. The number of fused-ring (bicyclic) bond motifs is 1. The Morgan fingerprint density at radius 2 is 1.71 bits per heavy atom. The number of aromatic amines is 1. The van der Waals surface area contributed by atoms with Gasteiger partial charge < -0.3 is 48.3 Å². The van der Waals surface area contributed by atoms with E-state index in [0.29, 0.717) is 12.2 Å². The van der Waals surface area contributed by atoms with E-state index in [0.717, 1.165) is 16.5 Å². The largest absolute Gasteiger partial charge is 0.480 e. The van der Waals surface area contributed by atoms with Crippen LogP contribution in [-0.4, -0.2) is 93.7 Å². The summed E-state index contributed by atoms with van der Waals surface area (Å²) in [6.07, 6.45) is 2.95. The minimum atomic E-state index is -1.48. The molecule has 14 nitrogen and oxygen atoms in total. The second-order valence-electron chi connectivity index (χ2n) is 9.59. The Bertz CT molecular complexity index is 1220. The number of nitrogens with two attached hydrogens (primary N) is 3. The van der Waals surface area contributed by atoms with Crippen LogP contribution in [0.3, 0.4) is 0 Å². The van der Waals surface area contributed by atoms with Crippen molar-refractivity contribution >= 4 is 52.3 Å². The van der Waals surface area contributed by atoms with Crippen molar-refractivity contribution in [2.75, 3.05) is 18.6 Å². The number of hydrogen-bond donors (Lipinski definition) is 9. The predicted molar refractivity (Wildman–Crippen MR) is 158 cm³/mol. The van der Waals surface area contributed by atoms with Gasteiger partial charge >= 0.3 is 5.97 Å². The zero-order valence-corrected chi connectivity index (χ0v) is 23.9. The molecule has 0 bridgehead atoms. The average Bonchev–Trinajstić information content (AvgIpc) is 3.32. The molecule has 0 spiro atoms. The van der Waals surface area contributed by atoms with Gasteiger partial charge in [0.2, 0.25) is 17.7 Å². The lowest BCUT2D eigenvalue weighted by Crippen LogP contribution is -2.60. The number of carbonyl (C=O) groups is 4. The Morgan fingerprint density at radius 1 is 1.02 bits per heavy atom. The zero-order valence-electron chi connectivity index (χ0n) is 23.1. The number of aliphatic imine (C=N–C) groups is 1. The smallest absolute Gasteiger partial charge is 0.326 e. The maximum absolute atomic E-state index is 13.3. The lowest BCUT2D eigenvalue weighted by molar-refractivity contribution is -0.143. The van der Waals surface area contributed by atoms with Crippen LogP contribution in [0, 0.1) is 0 Å². The van der Waals surface area contributed by atoms with Crippen molar-refractivity contribution in [3.05, 3.63) is 36.0 Å². The molecule has 15 heteroatoms. The summed E-state index contributed by atoms with van der Waals surface area (Å²) in [7, 11) is 0. The molecular formula is C26H40N8O6S.